The maximum atomic E-state index is 12.2. The molecule has 0 aliphatic carbocycles. The van der Waals surface area contributed by atoms with Crippen molar-refractivity contribution in [2.75, 3.05) is 19.7 Å². The van der Waals surface area contributed by atoms with Crippen LogP contribution in [0.3, 0.4) is 0 Å². The summed E-state index contributed by atoms with van der Waals surface area (Å²) in [7, 11) is 0. The summed E-state index contributed by atoms with van der Waals surface area (Å²) >= 11 is 5.34. The van der Waals surface area contributed by atoms with Crippen molar-refractivity contribution < 1.29 is 17.2 Å². The molecule has 2 atom stereocenters. The van der Waals surface area contributed by atoms with E-state index < -0.39 is 0 Å². The Morgan fingerprint density at radius 1 is 1.37 bits per heavy atom. The van der Waals surface area contributed by atoms with Crippen molar-refractivity contribution in [2.24, 2.45) is 5.92 Å². The van der Waals surface area contributed by atoms with Gasteiger partial charge >= 0.3 is 5.97 Å². The average molecular weight is 397 g/mol. The monoisotopic (exact) mass is 396 g/mol. The van der Waals surface area contributed by atoms with Gasteiger partial charge in [-0.05, 0) is 30.4 Å². The van der Waals surface area contributed by atoms with Crippen molar-refractivity contribution >= 4 is 30.0 Å². The van der Waals surface area contributed by atoms with Gasteiger partial charge in [0.25, 0.3) is 0 Å². The molecule has 2 unspecified atom stereocenters. The fourth-order valence-electron chi connectivity index (χ4n) is 2.55. The summed E-state index contributed by atoms with van der Waals surface area (Å²) in [5.41, 5.74) is 2.14. The molecule has 0 radical (unpaired) electrons. The predicted octanol–water partition coefficient (Wildman–Crippen LogP) is 3.58. The number of carbonyl (C=O) groups excluding carboxylic acids is 2. The Balaban J connectivity index is -0.00000106. The molecule has 154 valence electrons. The third-order valence-corrected chi connectivity index (χ3v) is 4.16. The van der Waals surface area contributed by atoms with E-state index in [0.717, 1.165) is 22.7 Å². The number of rotatable bonds is 7. The van der Waals surface area contributed by atoms with Gasteiger partial charge in [0.15, 0.2) is 0 Å². The fraction of sp³-hybridized carbons (Fsp3) is 0.476. The van der Waals surface area contributed by atoms with Crippen molar-refractivity contribution in [2.45, 2.75) is 40.2 Å². The molecule has 27 heavy (non-hydrogen) atoms. The quantitative estimate of drug-likeness (QED) is 0.542. The second-order valence-corrected chi connectivity index (χ2v) is 6.16. The zero-order valence-electron chi connectivity index (χ0n) is 16.8. The molecule has 5 nitrogen and oxygen atoms in total. The van der Waals surface area contributed by atoms with Gasteiger partial charge in [0.2, 0.25) is 0 Å². The molecule has 0 amide bonds. The second kappa shape index (κ2) is 15.1. The van der Waals surface area contributed by atoms with E-state index in [1.54, 1.807) is 0 Å². The highest BCUT2D eigenvalue weighted by atomic mass is 32.1. The molecule has 1 aromatic carbocycles. The van der Waals surface area contributed by atoms with Crippen LogP contribution in [0.15, 0.2) is 42.0 Å². The summed E-state index contributed by atoms with van der Waals surface area (Å²) in [5, 5.41) is 6.52. The molecular formula is C21H36N2O3S. The molecule has 1 aliphatic heterocycles. The van der Waals surface area contributed by atoms with Gasteiger partial charge < -0.3 is 14.8 Å². The summed E-state index contributed by atoms with van der Waals surface area (Å²) in [4.78, 5) is 21.0. The number of hydrogen-bond donors (Lipinski definition) is 2. The first-order chi connectivity index (χ1) is 13.1. The first kappa shape index (κ1) is 24.9. The highest BCUT2D eigenvalue weighted by molar-refractivity contribution is 7.80. The minimum absolute atomic E-state index is 0. The number of esters is 1. The van der Waals surface area contributed by atoms with Crippen LogP contribution < -0.4 is 10.6 Å². The average Bonchev–Trinajstić information content (AvgIpc) is 2.71. The molecule has 0 aromatic heterocycles. The smallest absolute Gasteiger partial charge is 0.323 e. The van der Waals surface area contributed by atoms with E-state index in [-0.39, 0.29) is 14.9 Å². The van der Waals surface area contributed by atoms with Crippen LogP contribution in [0.2, 0.25) is 0 Å². The lowest BCUT2D eigenvalue weighted by molar-refractivity contribution is -0.145. The van der Waals surface area contributed by atoms with Crippen molar-refractivity contribution in [1.82, 2.24) is 10.6 Å². The van der Waals surface area contributed by atoms with Crippen LogP contribution in [-0.4, -0.2) is 43.5 Å². The normalized spacial score (nSPS) is 16.4. The van der Waals surface area contributed by atoms with Crippen molar-refractivity contribution in [3.63, 3.8) is 0 Å². The van der Waals surface area contributed by atoms with Crippen LogP contribution in [0, 0.1) is 5.92 Å². The van der Waals surface area contributed by atoms with Gasteiger partial charge in [-0.25, -0.2) is 0 Å². The summed E-state index contributed by atoms with van der Waals surface area (Å²) in [6, 6.07) is 9.57. The van der Waals surface area contributed by atoms with Gasteiger partial charge in [0.1, 0.15) is 17.8 Å². The molecule has 2 rings (SSSR count). The number of nitrogens with one attached hydrogen (secondary N) is 2. The SMILES string of the molecule is C=O.CC.CCOC(=O)C(Cc1ccccc1)NCC1=CC(C)CNC1=S.[HH].[HH]. The van der Waals surface area contributed by atoms with Crippen molar-refractivity contribution in [1.29, 1.82) is 0 Å². The second-order valence-electron chi connectivity index (χ2n) is 5.75. The molecule has 1 aromatic rings. The van der Waals surface area contributed by atoms with Crippen molar-refractivity contribution in [3.05, 3.63) is 47.5 Å². The number of benzene rings is 1. The lowest BCUT2D eigenvalue weighted by atomic mass is 10.0. The Morgan fingerprint density at radius 2 is 2.00 bits per heavy atom. The van der Waals surface area contributed by atoms with Crippen LogP contribution in [0.4, 0.5) is 0 Å². The van der Waals surface area contributed by atoms with Crippen molar-refractivity contribution in [3.8, 4) is 0 Å². The van der Waals surface area contributed by atoms with Crippen LogP contribution in [0.1, 0.15) is 36.1 Å². The molecule has 1 aliphatic rings. The first-order valence-corrected chi connectivity index (χ1v) is 9.72. The Bertz CT molecular complexity index is 601. The first-order valence-electron chi connectivity index (χ1n) is 9.31. The number of thiocarbonyl (C=S) groups is 1. The summed E-state index contributed by atoms with van der Waals surface area (Å²) in [5.74, 6) is 0.216. The molecule has 2 N–H and O–H groups in total. The Morgan fingerprint density at radius 3 is 2.59 bits per heavy atom. The third kappa shape index (κ3) is 9.45. The highest BCUT2D eigenvalue weighted by Crippen LogP contribution is 2.11. The number of hydrogen-bond acceptors (Lipinski definition) is 5. The van der Waals surface area contributed by atoms with E-state index in [4.69, 9.17) is 21.7 Å². The van der Waals surface area contributed by atoms with E-state index in [9.17, 15) is 4.79 Å². The zero-order valence-corrected chi connectivity index (χ0v) is 17.6. The van der Waals surface area contributed by atoms with Crippen LogP contribution in [0.5, 0.6) is 0 Å². The molecule has 6 heteroatoms. The Kier molecular flexibility index (Phi) is 13.9. The molecule has 1 heterocycles. The van der Waals surface area contributed by atoms with Gasteiger partial charge in [0.05, 0.1) is 6.61 Å². The van der Waals surface area contributed by atoms with E-state index in [0.29, 0.717) is 25.5 Å². The van der Waals surface area contributed by atoms with E-state index >= 15 is 0 Å². The van der Waals surface area contributed by atoms with Gasteiger partial charge in [-0.15, -0.1) is 0 Å². The maximum Gasteiger partial charge on any atom is 0.323 e. The molecule has 0 saturated heterocycles. The zero-order chi connectivity index (χ0) is 20.7. The van der Waals surface area contributed by atoms with E-state index in [1.165, 1.54) is 0 Å². The third-order valence-electron chi connectivity index (χ3n) is 3.75. The van der Waals surface area contributed by atoms with E-state index in [2.05, 4.69) is 23.6 Å². The lowest BCUT2D eigenvalue weighted by Crippen LogP contribution is -2.43. The maximum absolute atomic E-state index is 12.2. The largest absolute Gasteiger partial charge is 0.465 e. The fourth-order valence-corrected chi connectivity index (χ4v) is 2.77. The minimum atomic E-state index is -0.377. The minimum Gasteiger partial charge on any atom is -0.465 e. The molecule has 0 fully saturated rings. The van der Waals surface area contributed by atoms with Crippen LogP contribution in [0.25, 0.3) is 0 Å². The van der Waals surface area contributed by atoms with E-state index in [1.807, 2.05) is 57.9 Å². The summed E-state index contributed by atoms with van der Waals surface area (Å²) < 4.78 is 5.19. The van der Waals surface area contributed by atoms with Crippen LogP contribution in [-0.2, 0) is 20.7 Å². The number of carbonyl (C=O) groups is 2. The summed E-state index contributed by atoms with van der Waals surface area (Å²) in [6.07, 6.45) is 2.76. The van der Waals surface area contributed by atoms with Gasteiger partial charge in [0, 0.05) is 15.9 Å². The topological polar surface area (TPSA) is 67.4 Å². The Labute approximate surface area is 171 Å². The Hall–Kier alpha value is -2.05. The lowest BCUT2D eigenvalue weighted by Gasteiger charge is -2.23. The predicted molar refractivity (Wildman–Crippen MR) is 119 cm³/mol. The van der Waals surface area contributed by atoms with Gasteiger partial charge in [-0.3, -0.25) is 10.1 Å². The molecule has 0 saturated carbocycles. The standard InChI is InChI=1S/C18H24N2O2S.C2H6.CH2O.2H2/c1-3-22-18(21)16(10-14-7-5-4-6-8-14)19-12-15-9-13(2)11-20-17(15)23;2*1-2;;/h4-9,13,16,19H,3,10-12H2,1-2H3,(H,20,23);1-2H3;1H2;2*1H. The molecular weight excluding hydrogens is 360 g/mol. The number of ether oxygens (including phenoxy) is 1. The van der Waals surface area contributed by atoms with Gasteiger partial charge in [-0.1, -0.05) is 69.4 Å². The van der Waals surface area contributed by atoms with Gasteiger partial charge in [-0.2, -0.15) is 0 Å². The summed E-state index contributed by atoms with van der Waals surface area (Å²) in [6.45, 7) is 11.8. The highest BCUT2D eigenvalue weighted by Gasteiger charge is 2.22. The van der Waals surface area contributed by atoms with Crippen LogP contribution >= 0.6 is 12.2 Å². The molecule has 0 bridgehead atoms. The molecule has 0 spiro atoms.